The smallest absolute Gasteiger partial charge is 0.274 e. The van der Waals surface area contributed by atoms with Gasteiger partial charge in [0.15, 0.2) is 5.43 Å². The van der Waals surface area contributed by atoms with Crippen LogP contribution in [0, 0.1) is 6.92 Å². The van der Waals surface area contributed by atoms with Crippen molar-refractivity contribution in [3.63, 3.8) is 0 Å². The number of hydrogen-bond donors (Lipinski definition) is 0. The third-order valence-electron chi connectivity index (χ3n) is 6.23. The molecule has 2 aromatic carbocycles. The van der Waals surface area contributed by atoms with E-state index in [1.165, 1.54) is 6.07 Å². The van der Waals surface area contributed by atoms with E-state index in [9.17, 15) is 9.59 Å². The molecule has 0 fully saturated rings. The molecule has 5 rings (SSSR count). The average Bonchev–Trinajstić information content (AvgIpc) is 2.93. The first-order valence-electron chi connectivity index (χ1n) is 10.6. The van der Waals surface area contributed by atoms with Crippen LogP contribution in [0.2, 0.25) is 0 Å². The lowest BCUT2D eigenvalue weighted by Crippen LogP contribution is -2.57. The van der Waals surface area contributed by atoms with Gasteiger partial charge in [-0.15, -0.1) is 0 Å². The predicted octanol–water partition coefficient (Wildman–Crippen LogP) is 3.60. The first-order chi connectivity index (χ1) is 15.0. The van der Waals surface area contributed by atoms with E-state index >= 15 is 0 Å². The number of carbonyl (C=O) groups excluding carboxylic acids is 1. The van der Waals surface area contributed by atoms with Crippen LogP contribution < -0.4 is 15.2 Å². The Morgan fingerprint density at radius 2 is 1.68 bits per heavy atom. The summed E-state index contributed by atoms with van der Waals surface area (Å²) in [6.45, 7) is 6.62. The third kappa shape index (κ3) is 3.02. The van der Waals surface area contributed by atoms with Crippen molar-refractivity contribution < 1.29 is 9.53 Å². The number of benzene rings is 2. The van der Waals surface area contributed by atoms with Crippen molar-refractivity contribution >= 4 is 5.91 Å². The van der Waals surface area contributed by atoms with Crippen molar-refractivity contribution in [2.45, 2.75) is 39.5 Å². The average molecular weight is 415 g/mol. The van der Waals surface area contributed by atoms with Crippen LogP contribution in [0.5, 0.6) is 5.75 Å². The van der Waals surface area contributed by atoms with Gasteiger partial charge >= 0.3 is 0 Å². The molecule has 2 aliphatic rings. The fourth-order valence-electron chi connectivity index (χ4n) is 4.54. The molecule has 31 heavy (non-hydrogen) atoms. The summed E-state index contributed by atoms with van der Waals surface area (Å²) in [4.78, 5) is 27.6. The zero-order chi connectivity index (χ0) is 21.7. The van der Waals surface area contributed by atoms with Crippen molar-refractivity contribution in [2.75, 3.05) is 11.7 Å². The molecular formula is C25H25N3O3. The number of pyridine rings is 1. The van der Waals surface area contributed by atoms with Crippen LogP contribution in [0.1, 0.15) is 52.6 Å². The fraction of sp³-hybridized carbons (Fsp3) is 0.280. The van der Waals surface area contributed by atoms with Gasteiger partial charge in [-0.2, -0.15) is 0 Å². The number of rotatable bonds is 2. The second kappa shape index (κ2) is 7.30. The van der Waals surface area contributed by atoms with Gasteiger partial charge in [0.25, 0.3) is 5.91 Å². The Kier molecular flexibility index (Phi) is 4.58. The maximum atomic E-state index is 13.3. The van der Waals surface area contributed by atoms with Gasteiger partial charge in [-0.3, -0.25) is 19.3 Å². The van der Waals surface area contributed by atoms with E-state index in [0.717, 1.165) is 22.4 Å². The van der Waals surface area contributed by atoms with Crippen LogP contribution in [0.3, 0.4) is 0 Å². The van der Waals surface area contributed by atoms with Gasteiger partial charge < -0.3 is 9.64 Å². The fourth-order valence-corrected chi connectivity index (χ4v) is 4.54. The highest BCUT2D eigenvalue weighted by atomic mass is 16.5. The highest BCUT2D eigenvalue weighted by Gasteiger charge is 2.38. The Morgan fingerprint density at radius 1 is 0.968 bits per heavy atom. The molecule has 3 aromatic rings. The van der Waals surface area contributed by atoms with E-state index in [1.807, 2.05) is 53.8 Å². The summed E-state index contributed by atoms with van der Waals surface area (Å²) in [5.41, 5.74) is 4.04. The molecule has 1 atom stereocenters. The molecule has 0 bridgehead atoms. The zero-order valence-corrected chi connectivity index (χ0v) is 17.9. The van der Waals surface area contributed by atoms with Gasteiger partial charge in [-0.25, -0.2) is 0 Å². The van der Waals surface area contributed by atoms with Crippen molar-refractivity contribution in [3.05, 3.63) is 99.0 Å². The molecule has 0 aliphatic carbocycles. The van der Waals surface area contributed by atoms with E-state index in [-0.39, 0.29) is 23.4 Å². The monoisotopic (exact) mass is 415 g/mol. The van der Waals surface area contributed by atoms with Crippen LogP contribution in [-0.4, -0.2) is 28.2 Å². The molecule has 158 valence electrons. The van der Waals surface area contributed by atoms with E-state index < -0.39 is 0 Å². The molecule has 6 nitrogen and oxygen atoms in total. The van der Waals surface area contributed by atoms with Gasteiger partial charge in [-0.1, -0.05) is 42.5 Å². The van der Waals surface area contributed by atoms with Crippen molar-refractivity contribution in [2.24, 2.45) is 0 Å². The van der Waals surface area contributed by atoms with Crippen molar-refractivity contribution in [1.82, 2.24) is 9.58 Å². The van der Waals surface area contributed by atoms with Crippen LogP contribution in [0.15, 0.2) is 65.6 Å². The Morgan fingerprint density at radius 3 is 2.45 bits per heavy atom. The van der Waals surface area contributed by atoms with E-state index in [2.05, 4.69) is 23.2 Å². The van der Waals surface area contributed by atoms with Crippen LogP contribution in [0.25, 0.3) is 0 Å². The van der Waals surface area contributed by atoms with Crippen LogP contribution in [-0.2, 0) is 6.61 Å². The Hall–Kier alpha value is -3.54. The maximum Gasteiger partial charge on any atom is 0.274 e. The lowest BCUT2D eigenvalue weighted by atomic mass is 9.94. The number of para-hydroxylation sites is 1. The number of nitrogens with zero attached hydrogens (tertiary/aromatic N) is 3. The molecule has 0 radical (unpaired) electrons. The number of ether oxygens (including phenoxy) is 1. The van der Waals surface area contributed by atoms with E-state index in [0.29, 0.717) is 24.5 Å². The number of amides is 1. The zero-order valence-electron chi connectivity index (χ0n) is 17.9. The normalized spacial score (nSPS) is 17.5. The summed E-state index contributed by atoms with van der Waals surface area (Å²) < 4.78 is 8.02. The van der Waals surface area contributed by atoms with Crippen molar-refractivity contribution in [3.8, 4) is 5.75 Å². The molecule has 6 heteroatoms. The summed E-state index contributed by atoms with van der Waals surface area (Å²) in [7, 11) is 0. The Bertz CT molecular complexity index is 1180. The molecule has 0 N–H and O–H groups in total. The lowest BCUT2D eigenvalue weighted by molar-refractivity contribution is 0.0625. The summed E-state index contributed by atoms with van der Waals surface area (Å²) in [5, 5.41) is 2.16. The summed E-state index contributed by atoms with van der Waals surface area (Å²) in [5.74, 6) is 0.712. The summed E-state index contributed by atoms with van der Waals surface area (Å²) in [6, 6.07) is 17.7. The van der Waals surface area contributed by atoms with Crippen LogP contribution in [0.4, 0.5) is 0 Å². The summed E-state index contributed by atoms with van der Waals surface area (Å²) >= 11 is 0. The van der Waals surface area contributed by atoms with Crippen molar-refractivity contribution in [1.29, 1.82) is 0 Å². The molecule has 1 aromatic heterocycles. The second-order valence-electron chi connectivity index (χ2n) is 8.38. The molecule has 2 aliphatic heterocycles. The maximum absolute atomic E-state index is 13.3. The Balaban J connectivity index is 1.79. The largest absolute Gasteiger partial charge is 0.489 e. The van der Waals surface area contributed by atoms with E-state index in [4.69, 9.17) is 4.74 Å². The molecule has 0 spiro atoms. The topological polar surface area (TPSA) is 54.8 Å². The minimum Gasteiger partial charge on any atom is -0.489 e. The minimum absolute atomic E-state index is 0.00836. The standard InChI is InChI=1S/C25H25N3O3/c1-16(2)26-15-28(27-13-12-21(29)17(3)23(27)25(26)30)24-19-9-5-4-8-18(19)14-31-22-11-7-6-10-20(22)24/h4-13,16,24H,14-15H2,1-3H3. The minimum atomic E-state index is -0.176. The van der Waals surface area contributed by atoms with Gasteiger partial charge in [0.2, 0.25) is 0 Å². The van der Waals surface area contributed by atoms with Crippen LogP contribution >= 0.6 is 0 Å². The van der Waals surface area contributed by atoms with Gasteiger partial charge in [0, 0.05) is 29.4 Å². The summed E-state index contributed by atoms with van der Waals surface area (Å²) in [6.07, 6.45) is 1.72. The first kappa shape index (κ1) is 19.4. The van der Waals surface area contributed by atoms with Gasteiger partial charge in [-0.05, 0) is 38.0 Å². The molecule has 0 saturated heterocycles. The van der Waals surface area contributed by atoms with Gasteiger partial charge in [0.05, 0.1) is 0 Å². The number of aromatic nitrogens is 1. The number of hydrogen-bond acceptors (Lipinski definition) is 4. The number of fused-ring (bicyclic) bond motifs is 3. The predicted molar refractivity (Wildman–Crippen MR) is 119 cm³/mol. The number of carbonyl (C=O) groups is 1. The van der Waals surface area contributed by atoms with Gasteiger partial charge in [0.1, 0.15) is 30.8 Å². The lowest BCUT2D eigenvalue weighted by Gasteiger charge is -2.45. The first-order valence-corrected chi connectivity index (χ1v) is 10.6. The molecule has 3 heterocycles. The molecule has 0 saturated carbocycles. The Labute approximate surface area is 181 Å². The molecule has 1 unspecified atom stereocenters. The van der Waals surface area contributed by atoms with E-state index in [1.54, 1.807) is 13.1 Å². The SMILES string of the molecule is Cc1c2n(ccc1=O)N(C1c3ccccc3COc3ccccc31)CN(C(C)C)C2=O. The second-order valence-corrected chi connectivity index (χ2v) is 8.38. The quantitative estimate of drug-likeness (QED) is 0.642. The molecular weight excluding hydrogens is 390 g/mol. The highest BCUT2D eigenvalue weighted by Crippen LogP contribution is 2.40. The highest BCUT2D eigenvalue weighted by molar-refractivity contribution is 5.95. The molecule has 1 amide bonds. The third-order valence-corrected chi connectivity index (χ3v) is 6.23.